The van der Waals surface area contributed by atoms with E-state index in [0.29, 0.717) is 0 Å². The summed E-state index contributed by atoms with van der Waals surface area (Å²) in [6.07, 6.45) is -2.25. The van der Waals surface area contributed by atoms with Crippen molar-refractivity contribution in [3.63, 3.8) is 0 Å². The van der Waals surface area contributed by atoms with Gasteiger partial charge in [0.2, 0.25) is 5.91 Å². The molecule has 4 heteroatoms. The molecule has 0 aromatic carbocycles. The summed E-state index contributed by atoms with van der Waals surface area (Å²) in [7, 11) is 0. The molecular formula is C7H11NO3. The van der Waals surface area contributed by atoms with Crippen molar-refractivity contribution in [3.05, 3.63) is 0 Å². The average Bonchev–Trinajstić information content (AvgIpc) is 2.33. The Morgan fingerprint density at radius 3 is 3.18 bits per heavy atom. The van der Waals surface area contributed by atoms with Crippen LogP contribution < -0.4 is 5.32 Å². The van der Waals surface area contributed by atoms with Gasteiger partial charge in [0.15, 0.2) is 0 Å². The van der Waals surface area contributed by atoms with Crippen LogP contribution in [0.25, 0.3) is 0 Å². The number of hydrogen-bond acceptors (Lipinski definition) is 3. The van der Waals surface area contributed by atoms with E-state index in [1.54, 1.807) is 6.92 Å². The van der Waals surface area contributed by atoms with Crippen LogP contribution in [0, 0.1) is 0 Å². The smallest absolute Gasteiger partial charge is 0.328 e. The molecule has 4 nitrogen and oxygen atoms in total. The third kappa shape index (κ3) is 1.93. The molecule has 0 aliphatic carbocycles. The molecule has 1 fully saturated rings. The predicted octanol–water partition coefficient (Wildman–Crippen LogP) is -0.172. The highest BCUT2D eigenvalue weighted by atomic mass is 16.5. The standard InChI is InChI=1S/C7H11NO3/c1-2-11-7(10)5-3-4-6(9)8-5/h5H,2-4H2,1H3,(H,8,9)/t5-/m0/s1/i3D,4D/t3-,4+,5-. The van der Waals surface area contributed by atoms with Crippen molar-refractivity contribution in [1.82, 2.24) is 5.32 Å². The van der Waals surface area contributed by atoms with Gasteiger partial charge in [0.1, 0.15) is 6.04 Å². The minimum atomic E-state index is -1.19. The highest BCUT2D eigenvalue weighted by Crippen LogP contribution is 2.07. The molecule has 1 rings (SSSR count). The van der Waals surface area contributed by atoms with Crippen molar-refractivity contribution in [1.29, 1.82) is 0 Å². The maximum absolute atomic E-state index is 11.1. The third-order valence-corrected chi connectivity index (χ3v) is 1.28. The van der Waals surface area contributed by atoms with Crippen molar-refractivity contribution in [2.24, 2.45) is 0 Å². The molecule has 1 N–H and O–H groups in total. The summed E-state index contributed by atoms with van der Waals surface area (Å²) in [6.45, 7) is 1.85. The van der Waals surface area contributed by atoms with Crippen LogP contribution in [-0.2, 0) is 14.3 Å². The van der Waals surface area contributed by atoms with Crippen LogP contribution in [0.2, 0.25) is 0 Å². The lowest BCUT2D eigenvalue weighted by molar-refractivity contribution is -0.145. The fourth-order valence-corrected chi connectivity index (χ4v) is 0.803. The first-order valence-electron chi connectivity index (χ1n) is 4.55. The maximum Gasteiger partial charge on any atom is 0.328 e. The molecular weight excluding hydrogens is 146 g/mol. The number of nitrogens with one attached hydrogen (secondary N) is 1. The van der Waals surface area contributed by atoms with E-state index < -0.39 is 30.7 Å². The van der Waals surface area contributed by atoms with E-state index in [1.165, 1.54) is 0 Å². The van der Waals surface area contributed by atoms with E-state index >= 15 is 0 Å². The molecule has 0 radical (unpaired) electrons. The number of amides is 1. The van der Waals surface area contributed by atoms with E-state index in [0.717, 1.165) is 0 Å². The van der Waals surface area contributed by atoms with Crippen LogP contribution in [0.15, 0.2) is 0 Å². The van der Waals surface area contributed by atoms with Crippen LogP contribution in [0.5, 0.6) is 0 Å². The molecule has 0 aromatic rings. The Morgan fingerprint density at radius 2 is 2.73 bits per heavy atom. The van der Waals surface area contributed by atoms with Gasteiger partial charge in [-0.15, -0.1) is 0 Å². The minimum Gasteiger partial charge on any atom is -0.464 e. The van der Waals surface area contributed by atoms with Gasteiger partial charge in [-0.05, 0) is 13.3 Å². The second-order valence-electron chi connectivity index (χ2n) is 2.10. The van der Waals surface area contributed by atoms with E-state index in [9.17, 15) is 9.59 Å². The van der Waals surface area contributed by atoms with Crippen molar-refractivity contribution in [3.8, 4) is 0 Å². The molecule has 0 saturated carbocycles. The molecule has 1 amide bonds. The minimum absolute atomic E-state index is 0.209. The Kier molecular flexibility index (Phi) is 1.71. The summed E-state index contributed by atoms with van der Waals surface area (Å²) in [5.41, 5.74) is 0. The molecule has 0 unspecified atom stereocenters. The Labute approximate surface area is 67.7 Å². The van der Waals surface area contributed by atoms with Crippen LogP contribution in [-0.4, -0.2) is 24.5 Å². The molecule has 1 saturated heterocycles. The number of rotatable bonds is 2. The van der Waals surface area contributed by atoms with Gasteiger partial charge >= 0.3 is 5.97 Å². The van der Waals surface area contributed by atoms with Gasteiger partial charge in [-0.3, -0.25) is 4.79 Å². The molecule has 11 heavy (non-hydrogen) atoms. The fourth-order valence-electron chi connectivity index (χ4n) is 0.803. The lowest BCUT2D eigenvalue weighted by atomic mass is 10.2. The maximum atomic E-state index is 11.1. The summed E-state index contributed by atoms with van der Waals surface area (Å²) in [6, 6.07) is -0.977. The van der Waals surface area contributed by atoms with Crippen LogP contribution in [0.4, 0.5) is 0 Å². The molecule has 1 aliphatic heterocycles. The highest BCUT2D eigenvalue weighted by molar-refractivity contribution is 5.87. The predicted molar refractivity (Wildman–Crippen MR) is 37.8 cm³/mol. The quantitative estimate of drug-likeness (QED) is 0.569. The lowest BCUT2D eigenvalue weighted by Gasteiger charge is -2.07. The van der Waals surface area contributed by atoms with Crippen molar-refractivity contribution in [2.45, 2.75) is 25.8 Å². The monoisotopic (exact) mass is 159 g/mol. The summed E-state index contributed by atoms with van der Waals surface area (Å²) >= 11 is 0. The molecule has 0 bridgehead atoms. The third-order valence-electron chi connectivity index (χ3n) is 1.28. The first kappa shape index (κ1) is 5.57. The van der Waals surface area contributed by atoms with Crippen molar-refractivity contribution in [2.75, 3.05) is 6.61 Å². The van der Waals surface area contributed by atoms with Crippen molar-refractivity contribution < 1.29 is 17.1 Å². The number of esters is 1. The topological polar surface area (TPSA) is 55.4 Å². The zero-order valence-electron chi connectivity index (χ0n) is 8.16. The molecule has 0 spiro atoms. The fraction of sp³-hybridized carbons (Fsp3) is 0.714. The van der Waals surface area contributed by atoms with Crippen LogP contribution in [0.3, 0.4) is 0 Å². The molecule has 1 aliphatic rings. The first-order chi connectivity index (χ1) is 6.07. The summed E-state index contributed by atoms with van der Waals surface area (Å²) in [5, 5.41) is 2.25. The van der Waals surface area contributed by atoms with E-state index in [-0.39, 0.29) is 6.61 Å². The Balaban J connectivity index is 2.62. The number of hydrogen-bond donors (Lipinski definition) is 1. The average molecular weight is 159 g/mol. The van der Waals surface area contributed by atoms with Crippen molar-refractivity contribution >= 4 is 11.9 Å². The van der Waals surface area contributed by atoms with Gasteiger partial charge in [-0.2, -0.15) is 0 Å². The number of ether oxygens (including phenoxy) is 1. The SMILES string of the molecule is [2H][C@@H]1[C@@H](C(=O)OCC)NC(=O)[C@@H]1[2H]. The second-order valence-corrected chi connectivity index (χ2v) is 2.10. The van der Waals surface area contributed by atoms with Gasteiger partial charge in [-0.1, -0.05) is 0 Å². The molecule has 1 heterocycles. The number of carbonyl (C=O) groups is 2. The second kappa shape index (κ2) is 3.37. The summed E-state index contributed by atoms with van der Waals surface area (Å²) in [5.74, 6) is -1.22. The Morgan fingerprint density at radius 1 is 2.00 bits per heavy atom. The molecule has 3 atom stereocenters. The van der Waals surface area contributed by atoms with Gasteiger partial charge in [0.05, 0.1) is 6.61 Å². The van der Waals surface area contributed by atoms with Gasteiger partial charge in [-0.25, -0.2) is 4.79 Å². The van der Waals surface area contributed by atoms with Crippen LogP contribution in [0.1, 0.15) is 22.5 Å². The first-order valence-corrected chi connectivity index (χ1v) is 3.39. The molecule has 0 aromatic heterocycles. The van der Waals surface area contributed by atoms with Gasteiger partial charge in [0.25, 0.3) is 0 Å². The Bertz CT molecular complexity index is 234. The van der Waals surface area contributed by atoms with Gasteiger partial charge < -0.3 is 10.1 Å². The van der Waals surface area contributed by atoms with Gasteiger partial charge in [0, 0.05) is 9.14 Å². The number of carbonyl (C=O) groups excluding carboxylic acids is 2. The lowest BCUT2D eigenvalue weighted by Crippen LogP contribution is -2.34. The largest absolute Gasteiger partial charge is 0.464 e. The van der Waals surface area contributed by atoms with E-state index in [4.69, 9.17) is 2.74 Å². The van der Waals surface area contributed by atoms with E-state index in [1.807, 2.05) is 0 Å². The molecule has 62 valence electrons. The zero-order chi connectivity index (χ0) is 10.0. The van der Waals surface area contributed by atoms with E-state index in [2.05, 4.69) is 10.1 Å². The Hall–Kier alpha value is -1.06. The summed E-state index contributed by atoms with van der Waals surface area (Å²) in [4.78, 5) is 22.0. The summed E-state index contributed by atoms with van der Waals surface area (Å²) < 4.78 is 19.2. The van der Waals surface area contributed by atoms with Crippen LogP contribution >= 0.6 is 0 Å². The highest BCUT2D eigenvalue weighted by Gasteiger charge is 2.27. The normalized spacial score (nSPS) is 39.0. The zero-order valence-corrected chi connectivity index (χ0v) is 6.16.